The lowest BCUT2D eigenvalue weighted by Crippen LogP contribution is -2.29. The van der Waals surface area contributed by atoms with Gasteiger partial charge in [0, 0.05) is 6.54 Å². The van der Waals surface area contributed by atoms with Crippen molar-refractivity contribution in [3.8, 4) is 5.75 Å². The highest BCUT2D eigenvalue weighted by molar-refractivity contribution is 5.88. The van der Waals surface area contributed by atoms with E-state index >= 15 is 0 Å². The van der Waals surface area contributed by atoms with Crippen molar-refractivity contribution < 1.29 is 14.6 Å². The van der Waals surface area contributed by atoms with E-state index in [9.17, 15) is 4.79 Å². The summed E-state index contributed by atoms with van der Waals surface area (Å²) < 4.78 is 5.64. The highest BCUT2D eigenvalue weighted by Crippen LogP contribution is 2.14. The van der Waals surface area contributed by atoms with Gasteiger partial charge in [0.1, 0.15) is 12.4 Å². The van der Waals surface area contributed by atoms with Crippen LogP contribution < -0.4 is 4.74 Å². The van der Waals surface area contributed by atoms with Crippen LogP contribution in [0.1, 0.15) is 36.0 Å². The summed E-state index contributed by atoms with van der Waals surface area (Å²) in [6, 6.07) is 6.66. The maximum atomic E-state index is 10.8. The van der Waals surface area contributed by atoms with Gasteiger partial charge in [-0.25, -0.2) is 4.79 Å². The number of halogens is 1. The molecule has 1 aromatic carbocycles. The van der Waals surface area contributed by atoms with E-state index in [1.165, 1.54) is 25.7 Å². The van der Waals surface area contributed by atoms with Gasteiger partial charge in [-0.2, -0.15) is 0 Å². The molecule has 2 rings (SSSR count). The SMILES string of the molecule is Cl.O=C(O)c1cccc(OCCN2CCCCCC2)c1. The summed E-state index contributed by atoms with van der Waals surface area (Å²) in [5.41, 5.74) is 0.271. The van der Waals surface area contributed by atoms with Crippen LogP contribution in [0.3, 0.4) is 0 Å². The van der Waals surface area contributed by atoms with E-state index in [-0.39, 0.29) is 18.0 Å². The maximum Gasteiger partial charge on any atom is 0.335 e. The molecule has 20 heavy (non-hydrogen) atoms. The summed E-state index contributed by atoms with van der Waals surface area (Å²) >= 11 is 0. The number of ether oxygens (including phenoxy) is 1. The Balaban J connectivity index is 0.00000200. The zero-order chi connectivity index (χ0) is 13.5. The molecule has 0 saturated carbocycles. The first-order chi connectivity index (χ1) is 9.25. The first-order valence-corrected chi connectivity index (χ1v) is 6.94. The molecule has 1 aliphatic heterocycles. The minimum atomic E-state index is -0.919. The molecule has 0 amide bonds. The first-order valence-electron chi connectivity index (χ1n) is 6.94. The molecule has 0 atom stereocenters. The summed E-state index contributed by atoms with van der Waals surface area (Å²) in [4.78, 5) is 13.3. The number of hydrogen-bond acceptors (Lipinski definition) is 3. The van der Waals surface area contributed by atoms with Gasteiger partial charge in [0.25, 0.3) is 0 Å². The van der Waals surface area contributed by atoms with Crippen LogP contribution in [0, 0.1) is 0 Å². The number of carbonyl (C=O) groups is 1. The molecule has 0 aromatic heterocycles. The Bertz CT molecular complexity index is 417. The molecular weight excluding hydrogens is 278 g/mol. The van der Waals surface area contributed by atoms with Crippen LogP contribution in [0.15, 0.2) is 24.3 Å². The average molecular weight is 300 g/mol. The van der Waals surface area contributed by atoms with Crippen molar-refractivity contribution in [2.75, 3.05) is 26.2 Å². The number of likely N-dealkylation sites (tertiary alicyclic amines) is 1. The second kappa shape index (κ2) is 8.82. The van der Waals surface area contributed by atoms with Gasteiger partial charge >= 0.3 is 5.97 Å². The monoisotopic (exact) mass is 299 g/mol. The van der Waals surface area contributed by atoms with Crippen LogP contribution >= 0.6 is 12.4 Å². The molecule has 1 N–H and O–H groups in total. The van der Waals surface area contributed by atoms with E-state index in [4.69, 9.17) is 9.84 Å². The standard InChI is InChI=1S/C15H21NO3.ClH/c17-15(18)13-6-5-7-14(12-13)19-11-10-16-8-3-1-2-4-9-16;/h5-7,12H,1-4,8-11H2,(H,17,18);1H. The number of nitrogens with zero attached hydrogens (tertiary/aromatic N) is 1. The van der Waals surface area contributed by atoms with Crippen LogP contribution in [0.5, 0.6) is 5.75 Å². The largest absolute Gasteiger partial charge is 0.492 e. The predicted molar refractivity (Wildman–Crippen MR) is 81.1 cm³/mol. The lowest BCUT2D eigenvalue weighted by Gasteiger charge is -2.19. The molecule has 4 nitrogen and oxygen atoms in total. The van der Waals surface area contributed by atoms with Crippen LogP contribution in [-0.2, 0) is 0 Å². The third kappa shape index (κ3) is 5.39. The second-order valence-corrected chi connectivity index (χ2v) is 4.94. The lowest BCUT2D eigenvalue weighted by molar-refractivity contribution is 0.0696. The molecule has 112 valence electrons. The highest BCUT2D eigenvalue weighted by atomic mass is 35.5. The van der Waals surface area contributed by atoms with Crippen LogP contribution in [-0.4, -0.2) is 42.2 Å². The van der Waals surface area contributed by atoms with Gasteiger partial charge in [-0.05, 0) is 44.1 Å². The molecule has 5 heteroatoms. The fourth-order valence-corrected chi connectivity index (χ4v) is 2.37. The third-order valence-electron chi connectivity index (χ3n) is 3.46. The Morgan fingerprint density at radius 1 is 1.20 bits per heavy atom. The van der Waals surface area contributed by atoms with Crippen molar-refractivity contribution in [3.63, 3.8) is 0 Å². The topological polar surface area (TPSA) is 49.8 Å². The first kappa shape index (κ1) is 16.8. The molecule has 1 heterocycles. The van der Waals surface area contributed by atoms with Gasteiger partial charge in [0.2, 0.25) is 0 Å². The number of benzene rings is 1. The highest BCUT2D eigenvalue weighted by Gasteiger charge is 2.09. The predicted octanol–water partition coefficient (Wildman–Crippen LogP) is 3.06. The Kier molecular flexibility index (Phi) is 7.41. The quantitative estimate of drug-likeness (QED) is 0.908. The summed E-state index contributed by atoms with van der Waals surface area (Å²) in [7, 11) is 0. The zero-order valence-electron chi connectivity index (χ0n) is 11.6. The summed E-state index contributed by atoms with van der Waals surface area (Å²) in [6.07, 6.45) is 5.21. The van der Waals surface area contributed by atoms with Crippen LogP contribution in [0.4, 0.5) is 0 Å². The van der Waals surface area contributed by atoms with E-state index in [1.807, 2.05) is 0 Å². The second-order valence-electron chi connectivity index (χ2n) is 4.94. The lowest BCUT2D eigenvalue weighted by atomic mass is 10.2. The molecule has 0 aliphatic carbocycles. The molecule has 1 fully saturated rings. The number of hydrogen-bond donors (Lipinski definition) is 1. The Hall–Kier alpha value is -1.26. The van der Waals surface area contributed by atoms with Gasteiger partial charge in [0.15, 0.2) is 0 Å². The molecular formula is C15H22ClNO3. The van der Waals surface area contributed by atoms with Gasteiger partial charge in [0.05, 0.1) is 5.56 Å². The van der Waals surface area contributed by atoms with Gasteiger partial charge < -0.3 is 9.84 Å². The maximum absolute atomic E-state index is 10.8. The molecule has 0 spiro atoms. The molecule has 1 saturated heterocycles. The summed E-state index contributed by atoms with van der Waals surface area (Å²) in [5, 5.41) is 8.91. The number of rotatable bonds is 5. The smallest absolute Gasteiger partial charge is 0.335 e. The molecule has 0 radical (unpaired) electrons. The molecule has 0 bridgehead atoms. The fraction of sp³-hybridized carbons (Fsp3) is 0.533. The number of carboxylic acid groups (broad SMARTS) is 1. The Labute approximate surface area is 126 Å². The molecule has 0 unspecified atom stereocenters. The van der Waals surface area contributed by atoms with Crippen molar-refractivity contribution in [2.24, 2.45) is 0 Å². The third-order valence-corrected chi connectivity index (χ3v) is 3.46. The van der Waals surface area contributed by atoms with Gasteiger partial charge in [-0.3, -0.25) is 4.90 Å². The minimum Gasteiger partial charge on any atom is -0.492 e. The minimum absolute atomic E-state index is 0. The zero-order valence-corrected chi connectivity index (χ0v) is 12.4. The Morgan fingerprint density at radius 3 is 2.55 bits per heavy atom. The number of aromatic carboxylic acids is 1. The fourth-order valence-electron chi connectivity index (χ4n) is 2.37. The molecule has 1 aliphatic rings. The van der Waals surface area contributed by atoms with Crippen molar-refractivity contribution in [1.29, 1.82) is 0 Å². The van der Waals surface area contributed by atoms with Crippen LogP contribution in [0.2, 0.25) is 0 Å². The summed E-state index contributed by atoms with van der Waals surface area (Å²) in [5.74, 6) is -0.285. The van der Waals surface area contributed by atoms with E-state index < -0.39 is 5.97 Å². The van der Waals surface area contributed by atoms with E-state index in [2.05, 4.69) is 4.90 Å². The summed E-state index contributed by atoms with van der Waals surface area (Å²) in [6.45, 7) is 3.83. The Morgan fingerprint density at radius 2 is 1.90 bits per heavy atom. The van der Waals surface area contributed by atoms with Crippen molar-refractivity contribution >= 4 is 18.4 Å². The van der Waals surface area contributed by atoms with Crippen molar-refractivity contribution in [3.05, 3.63) is 29.8 Å². The van der Waals surface area contributed by atoms with E-state index in [1.54, 1.807) is 24.3 Å². The van der Waals surface area contributed by atoms with E-state index in [0.29, 0.717) is 12.4 Å². The normalized spacial score (nSPS) is 16.0. The van der Waals surface area contributed by atoms with Crippen molar-refractivity contribution in [1.82, 2.24) is 4.90 Å². The van der Waals surface area contributed by atoms with Crippen LogP contribution in [0.25, 0.3) is 0 Å². The average Bonchev–Trinajstić information content (AvgIpc) is 2.68. The van der Waals surface area contributed by atoms with Gasteiger partial charge in [-0.1, -0.05) is 18.9 Å². The number of carboxylic acids is 1. The van der Waals surface area contributed by atoms with Gasteiger partial charge in [-0.15, -0.1) is 12.4 Å². The molecule has 1 aromatic rings. The van der Waals surface area contributed by atoms with E-state index in [0.717, 1.165) is 19.6 Å². The van der Waals surface area contributed by atoms with Crippen molar-refractivity contribution in [2.45, 2.75) is 25.7 Å².